The second kappa shape index (κ2) is 8.44. The first-order chi connectivity index (χ1) is 8.27. The van der Waals surface area contributed by atoms with Gasteiger partial charge in [-0.15, -0.1) is 0 Å². The molecule has 0 unspecified atom stereocenters. The van der Waals surface area contributed by atoms with Crippen molar-refractivity contribution in [1.82, 2.24) is 10.3 Å². The third kappa shape index (κ3) is 5.48. The van der Waals surface area contributed by atoms with Crippen LogP contribution in [0.4, 0.5) is 0 Å². The van der Waals surface area contributed by atoms with Gasteiger partial charge in [0.1, 0.15) is 0 Å². The van der Waals surface area contributed by atoms with Crippen LogP contribution in [0.2, 0.25) is 0 Å². The van der Waals surface area contributed by atoms with Crippen molar-refractivity contribution in [3.63, 3.8) is 0 Å². The molecule has 96 valence electrons. The molecular formula is C12H19BrN2O2. The van der Waals surface area contributed by atoms with E-state index in [0.29, 0.717) is 19.1 Å². The van der Waals surface area contributed by atoms with Crippen LogP contribution >= 0.6 is 15.9 Å². The smallest absolute Gasteiger partial charge is 0.217 e. The van der Waals surface area contributed by atoms with Crippen molar-refractivity contribution in [2.24, 2.45) is 0 Å². The largest absolute Gasteiger partial charge is 0.477 e. The number of pyridine rings is 1. The molecule has 0 saturated heterocycles. The Hall–Kier alpha value is -0.650. The first-order valence-electron chi connectivity index (χ1n) is 5.74. The van der Waals surface area contributed by atoms with Gasteiger partial charge in [-0.2, -0.15) is 0 Å². The third-order valence-electron chi connectivity index (χ3n) is 2.19. The molecule has 0 aliphatic carbocycles. The minimum atomic E-state index is 0.627. The average Bonchev–Trinajstić information content (AvgIpc) is 2.34. The molecule has 1 heterocycles. The molecule has 0 aromatic carbocycles. The number of hydrogen-bond acceptors (Lipinski definition) is 4. The summed E-state index contributed by atoms with van der Waals surface area (Å²) in [5.74, 6) is 0.699. The van der Waals surface area contributed by atoms with Gasteiger partial charge in [-0.1, -0.05) is 6.92 Å². The lowest BCUT2D eigenvalue weighted by atomic mass is 10.2. The van der Waals surface area contributed by atoms with Gasteiger partial charge in [-0.25, -0.2) is 4.98 Å². The predicted molar refractivity (Wildman–Crippen MR) is 71.3 cm³/mol. The number of methoxy groups -OCH3 is 1. The first kappa shape index (κ1) is 14.4. The zero-order chi connectivity index (χ0) is 12.5. The summed E-state index contributed by atoms with van der Waals surface area (Å²) in [6.45, 7) is 5.10. The first-order valence-corrected chi connectivity index (χ1v) is 6.54. The van der Waals surface area contributed by atoms with Gasteiger partial charge in [0, 0.05) is 42.9 Å². The lowest BCUT2D eigenvalue weighted by molar-refractivity contribution is 0.170. The maximum atomic E-state index is 5.64. The number of nitrogens with one attached hydrogen (secondary N) is 1. The van der Waals surface area contributed by atoms with Gasteiger partial charge in [-0.3, -0.25) is 0 Å². The fraction of sp³-hybridized carbons (Fsp3) is 0.583. The highest BCUT2D eigenvalue weighted by Gasteiger charge is 2.05. The summed E-state index contributed by atoms with van der Waals surface area (Å²) in [5.41, 5.74) is 1.07. The Morgan fingerprint density at radius 1 is 1.41 bits per heavy atom. The van der Waals surface area contributed by atoms with E-state index < -0.39 is 0 Å². The standard InChI is InChI=1S/C12H19BrN2O2/c1-3-14-8-10-7-11(13)9-15-12(10)17-6-4-5-16-2/h7,9,14H,3-6,8H2,1-2H3. The molecule has 1 N–H and O–H groups in total. The zero-order valence-electron chi connectivity index (χ0n) is 10.3. The van der Waals surface area contributed by atoms with Crippen molar-refractivity contribution in [3.05, 3.63) is 22.3 Å². The molecule has 0 saturated carbocycles. The summed E-state index contributed by atoms with van der Waals surface area (Å²) < 4.78 is 11.6. The molecule has 5 heteroatoms. The van der Waals surface area contributed by atoms with Gasteiger partial charge >= 0.3 is 0 Å². The van der Waals surface area contributed by atoms with Crippen molar-refractivity contribution in [3.8, 4) is 5.88 Å². The van der Waals surface area contributed by atoms with E-state index in [4.69, 9.17) is 9.47 Å². The maximum Gasteiger partial charge on any atom is 0.217 e. The second-order valence-corrected chi connectivity index (χ2v) is 4.51. The zero-order valence-corrected chi connectivity index (χ0v) is 11.9. The summed E-state index contributed by atoms with van der Waals surface area (Å²) in [7, 11) is 1.69. The molecular weight excluding hydrogens is 284 g/mol. The van der Waals surface area contributed by atoms with Crippen LogP contribution in [0, 0.1) is 0 Å². The van der Waals surface area contributed by atoms with Crippen LogP contribution in [-0.4, -0.2) is 31.9 Å². The van der Waals surface area contributed by atoms with Crippen LogP contribution in [0.25, 0.3) is 0 Å². The molecule has 0 amide bonds. The van der Waals surface area contributed by atoms with Gasteiger partial charge < -0.3 is 14.8 Å². The second-order valence-electron chi connectivity index (χ2n) is 3.59. The van der Waals surface area contributed by atoms with Crippen LogP contribution in [-0.2, 0) is 11.3 Å². The highest BCUT2D eigenvalue weighted by atomic mass is 79.9. The van der Waals surface area contributed by atoms with Crippen molar-refractivity contribution < 1.29 is 9.47 Å². The molecule has 0 aliphatic heterocycles. The van der Waals surface area contributed by atoms with E-state index in [1.165, 1.54) is 0 Å². The number of nitrogens with zero attached hydrogens (tertiary/aromatic N) is 1. The van der Waals surface area contributed by atoms with E-state index in [-0.39, 0.29) is 0 Å². The van der Waals surface area contributed by atoms with Crippen LogP contribution in [0.15, 0.2) is 16.7 Å². The lowest BCUT2D eigenvalue weighted by Crippen LogP contribution is -2.14. The number of rotatable bonds is 8. The molecule has 0 atom stereocenters. The van der Waals surface area contributed by atoms with Crippen molar-refractivity contribution in [2.45, 2.75) is 19.9 Å². The molecule has 0 fully saturated rings. The summed E-state index contributed by atoms with van der Waals surface area (Å²) >= 11 is 3.42. The van der Waals surface area contributed by atoms with Crippen LogP contribution in [0.5, 0.6) is 5.88 Å². The van der Waals surface area contributed by atoms with E-state index in [1.54, 1.807) is 13.3 Å². The van der Waals surface area contributed by atoms with Gasteiger partial charge in [0.15, 0.2) is 0 Å². The van der Waals surface area contributed by atoms with E-state index in [0.717, 1.165) is 29.5 Å². The summed E-state index contributed by atoms with van der Waals surface area (Å²) in [5, 5.41) is 3.27. The van der Waals surface area contributed by atoms with E-state index in [2.05, 4.69) is 33.2 Å². The fourth-order valence-electron chi connectivity index (χ4n) is 1.36. The minimum Gasteiger partial charge on any atom is -0.477 e. The Morgan fingerprint density at radius 2 is 2.24 bits per heavy atom. The predicted octanol–water partition coefficient (Wildman–Crippen LogP) is 2.37. The van der Waals surface area contributed by atoms with Gasteiger partial charge in [-0.05, 0) is 28.5 Å². The van der Waals surface area contributed by atoms with Gasteiger partial charge in [0.2, 0.25) is 5.88 Å². The normalized spacial score (nSPS) is 10.5. The van der Waals surface area contributed by atoms with E-state index >= 15 is 0 Å². The molecule has 0 radical (unpaired) electrons. The maximum absolute atomic E-state index is 5.64. The quantitative estimate of drug-likeness (QED) is 0.749. The Bertz CT molecular complexity index is 334. The van der Waals surface area contributed by atoms with Gasteiger partial charge in [0.05, 0.1) is 6.61 Å². The van der Waals surface area contributed by atoms with Gasteiger partial charge in [0.25, 0.3) is 0 Å². The molecule has 17 heavy (non-hydrogen) atoms. The van der Waals surface area contributed by atoms with Crippen molar-refractivity contribution >= 4 is 15.9 Å². The molecule has 0 aliphatic rings. The highest BCUT2D eigenvalue weighted by molar-refractivity contribution is 9.10. The van der Waals surface area contributed by atoms with Crippen LogP contribution < -0.4 is 10.1 Å². The molecule has 0 bridgehead atoms. The third-order valence-corrected chi connectivity index (χ3v) is 2.62. The number of ether oxygens (including phenoxy) is 2. The fourth-order valence-corrected chi connectivity index (χ4v) is 1.74. The molecule has 1 aromatic heterocycles. The average molecular weight is 303 g/mol. The van der Waals surface area contributed by atoms with E-state index in [9.17, 15) is 0 Å². The minimum absolute atomic E-state index is 0.627. The summed E-state index contributed by atoms with van der Waals surface area (Å²) in [6.07, 6.45) is 2.62. The molecule has 1 rings (SSSR count). The van der Waals surface area contributed by atoms with Crippen molar-refractivity contribution in [1.29, 1.82) is 0 Å². The van der Waals surface area contributed by atoms with Crippen LogP contribution in [0.3, 0.4) is 0 Å². The molecule has 4 nitrogen and oxygen atoms in total. The topological polar surface area (TPSA) is 43.4 Å². The van der Waals surface area contributed by atoms with Crippen LogP contribution in [0.1, 0.15) is 18.9 Å². The summed E-state index contributed by atoms with van der Waals surface area (Å²) in [4.78, 5) is 4.28. The highest BCUT2D eigenvalue weighted by Crippen LogP contribution is 2.20. The molecule has 0 spiro atoms. The Morgan fingerprint density at radius 3 is 2.94 bits per heavy atom. The van der Waals surface area contributed by atoms with Crippen molar-refractivity contribution in [2.75, 3.05) is 26.9 Å². The lowest BCUT2D eigenvalue weighted by Gasteiger charge is -2.10. The number of aromatic nitrogens is 1. The Labute approximate surface area is 111 Å². The SMILES string of the molecule is CCNCc1cc(Br)cnc1OCCCOC. The molecule has 1 aromatic rings. The number of hydrogen-bond donors (Lipinski definition) is 1. The summed E-state index contributed by atoms with van der Waals surface area (Å²) in [6, 6.07) is 2.03. The Kier molecular flexibility index (Phi) is 7.16. The monoisotopic (exact) mass is 302 g/mol. The van der Waals surface area contributed by atoms with E-state index in [1.807, 2.05) is 6.07 Å². The number of halogens is 1. The Balaban J connectivity index is 2.55.